The average molecular weight is 408 g/mol. The fourth-order valence-corrected chi connectivity index (χ4v) is 3.63. The van der Waals surface area contributed by atoms with E-state index in [1.165, 1.54) is 0 Å². The van der Waals surface area contributed by atoms with Gasteiger partial charge in [0, 0.05) is 34.7 Å². The van der Waals surface area contributed by atoms with E-state index in [1.807, 2.05) is 54.7 Å². The van der Waals surface area contributed by atoms with Crippen LogP contribution < -0.4 is 4.74 Å². The third kappa shape index (κ3) is 4.66. The number of hydrogen-bond donors (Lipinski definition) is 0. The van der Waals surface area contributed by atoms with Crippen molar-refractivity contribution in [2.45, 2.75) is 12.8 Å². The van der Waals surface area contributed by atoms with Crippen molar-refractivity contribution in [3.8, 4) is 17.0 Å². The summed E-state index contributed by atoms with van der Waals surface area (Å²) in [6, 6.07) is 17.6. The number of aromatic nitrogens is 1. The molecular weight excluding hydrogens is 386 g/mol. The molecule has 1 aliphatic heterocycles. The van der Waals surface area contributed by atoms with Crippen LogP contribution in [-0.4, -0.2) is 31.1 Å². The summed E-state index contributed by atoms with van der Waals surface area (Å²) in [5, 5.41) is 0.670. The first-order valence-electron chi connectivity index (χ1n) is 9.61. The molecule has 0 aliphatic carbocycles. The number of pyridine rings is 1. The van der Waals surface area contributed by atoms with Gasteiger partial charge in [0.15, 0.2) is 5.78 Å². The van der Waals surface area contributed by atoms with Gasteiger partial charge in [-0.2, -0.15) is 0 Å². The summed E-state index contributed by atoms with van der Waals surface area (Å²) in [5.74, 6) is 1.12. The van der Waals surface area contributed by atoms with Crippen LogP contribution in [0, 0.1) is 5.92 Å². The molecule has 1 saturated heterocycles. The first kappa shape index (κ1) is 19.6. The highest BCUT2D eigenvalue weighted by Crippen LogP contribution is 2.31. The summed E-state index contributed by atoms with van der Waals surface area (Å²) in [6.07, 6.45) is 3.10. The summed E-state index contributed by atoms with van der Waals surface area (Å²) < 4.78 is 10.6. The minimum absolute atomic E-state index is 0.180. The standard InChI is InChI=1S/C24H22ClNO3/c1-28-24-22(20-3-2-4-21(25)12-20)10-17(13-26-24)9-16-5-7-19(8-6-16)23(27)11-18-14-29-15-18/h2-8,10,12-13,18H,9,11,14-15H2,1H3. The van der Waals surface area contributed by atoms with Crippen LogP contribution in [0.25, 0.3) is 11.1 Å². The second-order valence-corrected chi connectivity index (χ2v) is 7.75. The lowest BCUT2D eigenvalue weighted by molar-refractivity contribution is -0.0321. The van der Waals surface area contributed by atoms with Crippen molar-refractivity contribution in [1.82, 2.24) is 4.98 Å². The van der Waals surface area contributed by atoms with Crippen molar-refractivity contribution >= 4 is 17.4 Å². The lowest BCUT2D eigenvalue weighted by Crippen LogP contribution is -2.29. The van der Waals surface area contributed by atoms with E-state index in [0.717, 1.165) is 34.2 Å². The number of benzene rings is 2. The topological polar surface area (TPSA) is 48.4 Å². The number of hydrogen-bond acceptors (Lipinski definition) is 4. The molecule has 0 bridgehead atoms. The monoisotopic (exact) mass is 407 g/mol. The smallest absolute Gasteiger partial charge is 0.221 e. The van der Waals surface area contributed by atoms with E-state index in [1.54, 1.807) is 7.11 Å². The maximum Gasteiger partial charge on any atom is 0.221 e. The fraction of sp³-hybridized carbons (Fsp3) is 0.250. The molecule has 5 heteroatoms. The molecule has 1 aromatic heterocycles. The highest BCUT2D eigenvalue weighted by molar-refractivity contribution is 6.30. The Morgan fingerprint density at radius 2 is 1.93 bits per heavy atom. The van der Waals surface area contributed by atoms with Crippen LogP contribution in [0.3, 0.4) is 0 Å². The summed E-state index contributed by atoms with van der Waals surface area (Å²) in [6.45, 7) is 1.40. The van der Waals surface area contributed by atoms with Gasteiger partial charge in [0.1, 0.15) is 0 Å². The third-order valence-electron chi connectivity index (χ3n) is 5.10. The first-order valence-corrected chi connectivity index (χ1v) is 9.99. The maximum atomic E-state index is 12.3. The van der Waals surface area contributed by atoms with Gasteiger partial charge in [0.2, 0.25) is 5.88 Å². The molecule has 0 amide bonds. The molecular formula is C24H22ClNO3. The van der Waals surface area contributed by atoms with Crippen molar-refractivity contribution in [1.29, 1.82) is 0 Å². The molecule has 0 unspecified atom stereocenters. The highest BCUT2D eigenvalue weighted by Gasteiger charge is 2.22. The molecule has 4 rings (SSSR count). The van der Waals surface area contributed by atoms with Gasteiger partial charge in [0.25, 0.3) is 0 Å². The van der Waals surface area contributed by atoms with Gasteiger partial charge in [-0.1, -0.05) is 48.0 Å². The normalized spacial score (nSPS) is 13.7. The zero-order valence-corrected chi connectivity index (χ0v) is 17.0. The molecule has 1 aliphatic rings. The van der Waals surface area contributed by atoms with Crippen LogP contribution in [0.2, 0.25) is 5.02 Å². The summed E-state index contributed by atoms with van der Waals surface area (Å²) in [4.78, 5) is 16.8. The van der Waals surface area contributed by atoms with Crippen LogP contribution in [0.5, 0.6) is 5.88 Å². The average Bonchev–Trinajstić information content (AvgIpc) is 2.71. The van der Waals surface area contributed by atoms with Crippen molar-refractivity contribution in [2.75, 3.05) is 20.3 Å². The van der Waals surface area contributed by atoms with Crippen molar-refractivity contribution in [3.63, 3.8) is 0 Å². The van der Waals surface area contributed by atoms with Crippen molar-refractivity contribution in [2.24, 2.45) is 5.92 Å². The second-order valence-electron chi connectivity index (χ2n) is 7.32. The lowest BCUT2D eigenvalue weighted by Gasteiger charge is -2.25. The molecule has 3 aromatic rings. The SMILES string of the molecule is COc1ncc(Cc2ccc(C(=O)CC3COC3)cc2)cc1-c1cccc(Cl)c1. The number of ether oxygens (including phenoxy) is 2. The highest BCUT2D eigenvalue weighted by atomic mass is 35.5. The molecule has 0 spiro atoms. The van der Waals surface area contributed by atoms with Crippen LogP contribution in [0.4, 0.5) is 0 Å². The Bertz CT molecular complexity index is 1010. The Morgan fingerprint density at radius 1 is 1.14 bits per heavy atom. The molecule has 4 nitrogen and oxygen atoms in total. The molecule has 2 heterocycles. The van der Waals surface area contributed by atoms with E-state index < -0.39 is 0 Å². The first-order chi connectivity index (χ1) is 14.1. The van der Waals surface area contributed by atoms with Gasteiger partial charge in [-0.05, 0) is 41.3 Å². The van der Waals surface area contributed by atoms with E-state index in [2.05, 4.69) is 11.1 Å². The van der Waals surface area contributed by atoms with Crippen LogP contribution in [0.15, 0.2) is 60.8 Å². The number of ketones is 1. The predicted octanol–water partition coefficient (Wildman–Crippen LogP) is 5.22. The Hall–Kier alpha value is -2.69. The Labute approximate surface area is 175 Å². The van der Waals surface area contributed by atoms with E-state index in [9.17, 15) is 4.79 Å². The number of methoxy groups -OCH3 is 1. The summed E-state index contributed by atoms with van der Waals surface area (Å²) >= 11 is 6.15. The molecule has 1 fully saturated rings. The molecule has 29 heavy (non-hydrogen) atoms. The molecule has 0 atom stereocenters. The van der Waals surface area contributed by atoms with Crippen molar-refractivity contribution in [3.05, 3.63) is 82.5 Å². The van der Waals surface area contributed by atoms with Gasteiger partial charge in [-0.25, -0.2) is 4.98 Å². The van der Waals surface area contributed by atoms with Gasteiger partial charge < -0.3 is 9.47 Å². The zero-order chi connectivity index (χ0) is 20.2. The summed E-state index contributed by atoms with van der Waals surface area (Å²) in [7, 11) is 1.61. The Balaban J connectivity index is 1.51. The lowest BCUT2D eigenvalue weighted by atomic mass is 9.95. The van der Waals surface area contributed by atoms with Crippen LogP contribution >= 0.6 is 11.6 Å². The number of halogens is 1. The second kappa shape index (κ2) is 8.76. The van der Waals surface area contributed by atoms with E-state index >= 15 is 0 Å². The number of carbonyl (C=O) groups excluding carboxylic acids is 1. The minimum Gasteiger partial charge on any atom is -0.481 e. The van der Waals surface area contributed by atoms with E-state index in [0.29, 0.717) is 36.5 Å². The quantitative estimate of drug-likeness (QED) is 0.504. The van der Waals surface area contributed by atoms with E-state index in [4.69, 9.17) is 21.1 Å². The minimum atomic E-state index is 0.180. The van der Waals surface area contributed by atoms with Gasteiger partial charge in [-0.3, -0.25) is 4.79 Å². The molecule has 148 valence electrons. The van der Waals surface area contributed by atoms with E-state index in [-0.39, 0.29) is 5.78 Å². The number of nitrogens with zero attached hydrogens (tertiary/aromatic N) is 1. The molecule has 2 aromatic carbocycles. The Kier molecular flexibility index (Phi) is 5.93. The van der Waals surface area contributed by atoms with Gasteiger partial charge >= 0.3 is 0 Å². The molecule has 0 saturated carbocycles. The molecule has 0 N–H and O–H groups in total. The van der Waals surface area contributed by atoms with Crippen LogP contribution in [0.1, 0.15) is 27.9 Å². The zero-order valence-electron chi connectivity index (χ0n) is 16.2. The number of carbonyl (C=O) groups is 1. The third-order valence-corrected chi connectivity index (χ3v) is 5.34. The van der Waals surface area contributed by atoms with Gasteiger partial charge in [-0.15, -0.1) is 0 Å². The fourth-order valence-electron chi connectivity index (χ4n) is 3.44. The van der Waals surface area contributed by atoms with Crippen LogP contribution in [-0.2, 0) is 11.2 Å². The molecule has 0 radical (unpaired) electrons. The van der Waals surface area contributed by atoms with Crippen molar-refractivity contribution < 1.29 is 14.3 Å². The maximum absolute atomic E-state index is 12.3. The number of Topliss-reactive ketones (excluding diaryl/α,β-unsaturated/α-hetero) is 1. The van der Waals surface area contributed by atoms with Gasteiger partial charge in [0.05, 0.1) is 20.3 Å². The predicted molar refractivity (Wildman–Crippen MR) is 114 cm³/mol. The largest absolute Gasteiger partial charge is 0.481 e. The number of rotatable bonds is 7. The summed E-state index contributed by atoms with van der Waals surface area (Å²) in [5.41, 5.74) is 4.81. The Morgan fingerprint density at radius 3 is 2.59 bits per heavy atom.